The summed E-state index contributed by atoms with van der Waals surface area (Å²) in [5.41, 5.74) is 1.74. The number of nitrogens with one attached hydrogen (secondary N) is 1. The summed E-state index contributed by atoms with van der Waals surface area (Å²) in [4.78, 5) is 15.1. The average Bonchev–Trinajstić information content (AvgIpc) is 3.45. The zero-order chi connectivity index (χ0) is 20.5. The molecule has 1 unspecified atom stereocenters. The number of rotatable bonds is 6. The first-order valence-corrected chi connectivity index (χ1v) is 11.6. The third kappa shape index (κ3) is 4.72. The Labute approximate surface area is 181 Å². The molecule has 0 spiro atoms. The Balaban J connectivity index is 1.47. The highest BCUT2D eigenvalue weighted by atomic mass is 35.5. The first kappa shape index (κ1) is 20.5. The van der Waals surface area contributed by atoms with Crippen molar-refractivity contribution >= 4 is 40.9 Å². The van der Waals surface area contributed by atoms with E-state index in [9.17, 15) is 4.79 Å². The summed E-state index contributed by atoms with van der Waals surface area (Å²) in [6.07, 6.45) is 4.70. The van der Waals surface area contributed by atoms with Gasteiger partial charge in [-0.3, -0.25) is 9.36 Å². The van der Waals surface area contributed by atoms with Crippen LogP contribution in [-0.4, -0.2) is 39.0 Å². The molecule has 1 saturated heterocycles. The van der Waals surface area contributed by atoms with Gasteiger partial charge in [0.15, 0.2) is 5.16 Å². The number of carbonyl (C=O) groups is 1. The second kappa shape index (κ2) is 8.56. The second-order valence-electron chi connectivity index (χ2n) is 8.26. The molecule has 1 saturated carbocycles. The van der Waals surface area contributed by atoms with Crippen LogP contribution in [0.4, 0.5) is 11.6 Å². The number of thioether (sulfide) groups is 1. The van der Waals surface area contributed by atoms with Crippen molar-refractivity contribution in [2.75, 3.05) is 23.3 Å². The van der Waals surface area contributed by atoms with Crippen LogP contribution in [0.1, 0.15) is 51.1 Å². The molecule has 0 radical (unpaired) electrons. The Hall–Kier alpha value is -1.73. The number of amides is 1. The fourth-order valence-corrected chi connectivity index (χ4v) is 4.69. The summed E-state index contributed by atoms with van der Waals surface area (Å²) < 4.78 is 2.26. The first-order valence-electron chi connectivity index (χ1n) is 10.4. The molecule has 29 heavy (non-hydrogen) atoms. The van der Waals surface area contributed by atoms with Gasteiger partial charge in [0.25, 0.3) is 0 Å². The summed E-state index contributed by atoms with van der Waals surface area (Å²) in [6.45, 7) is 8.24. The number of benzene rings is 1. The van der Waals surface area contributed by atoms with Crippen molar-refractivity contribution in [3.05, 3.63) is 28.8 Å². The van der Waals surface area contributed by atoms with Gasteiger partial charge in [-0.1, -0.05) is 36.4 Å². The van der Waals surface area contributed by atoms with Gasteiger partial charge in [-0.15, -0.1) is 10.2 Å². The fraction of sp³-hybridized carbons (Fsp3) is 0.571. The predicted molar refractivity (Wildman–Crippen MR) is 119 cm³/mol. The molecule has 2 aromatic rings. The maximum absolute atomic E-state index is 12.8. The SMILES string of the molecule is Cc1ccc(Cl)cc1NC(=O)C(C)Sc1nnc(N2CCC(C)CC2)n1C1CC1. The van der Waals surface area contributed by atoms with Crippen LogP contribution in [0.3, 0.4) is 0 Å². The van der Waals surface area contributed by atoms with Gasteiger partial charge in [0.05, 0.1) is 5.25 Å². The lowest BCUT2D eigenvalue weighted by Crippen LogP contribution is -2.34. The van der Waals surface area contributed by atoms with E-state index >= 15 is 0 Å². The Bertz CT molecular complexity index is 889. The minimum atomic E-state index is -0.288. The summed E-state index contributed by atoms with van der Waals surface area (Å²) >= 11 is 7.55. The normalized spacial score (nSPS) is 18.7. The number of hydrogen-bond acceptors (Lipinski definition) is 5. The van der Waals surface area contributed by atoms with Crippen molar-refractivity contribution in [3.8, 4) is 0 Å². The van der Waals surface area contributed by atoms with E-state index in [1.807, 2.05) is 26.0 Å². The maximum Gasteiger partial charge on any atom is 0.237 e. The molecule has 2 fully saturated rings. The zero-order valence-corrected chi connectivity index (χ0v) is 18.8. The van der Waals surface area contributed by atoms with E-state index < -0.39 is 0 Å². The monoisotopic (exact) mass is 433 g/mol. The summed E-state index contributed by atoms with van der Waals surface area (Å²) in [5.74, 6) is 1.69. The maximum atomic E-state index is 12.8. The smallest absolute Gasteiger partial charge is 0.237 e. The molecule has 1 N–H and O–H groups in total. The molecule has 4 rings (SSSR count). The number of anilines is 2. The van der Waals surface area contributed by atoms with E-state index in [0.29, 0.717) is 11.1 Å². The number of aryl methyl sites for hydroxylation is 1. The van der Waals surface area contributed by atoms with E-state index in [1.165, 1.54) is 24.6 Å². The third-order valence-electron chi connectivity index (χ3n) is 5.73. The van der Waals surface area contributed by atoms with Crippen molar-refractivity contribution in [1.82, 2.24) is 14.8 Å². The van der Waals surface area contributed by atoms with Gasteiger partial charge in [-0.2, -0.15) is 0 Å². The third-order valence-corrected chi connectivity index (χ3v) is 7.03. The van der Waals surface area contributed by atoms with Crippen LogP contribution in [0, 0.1) is 12.8 Å². The molecular formula is C21H28ClN5OS. The van der Waals surface area contributed by atoms with Crippen LogP contribution in [0.5, 0.6) is 0 Å². The summed E-state index contributed by atoms with van der Waals surface area (Å²) in [7, 11) is 0. The molecule has 6 nitrogen and oxygen atoms in total. The predicted octanol–water partition coefficient (Wildman–Crippen LogP) is 4.93. The van der Waals surface area contributed by atoms with Crippen LogP contribution >= 0.6 is 23.4 Å². The van der Waals surface area contributed by atoms with Gasteiger partial charge in [-0.05, 0) is 63.1 Å². The molecule has 2 heterocycles. The number of piperidine rings is 1. The van der Waals surface area contributed by atoms with Crippen LogP contribution in [0.15, 0.2) is 23.4 Å². The standard InChI is InChI=1S/C21H28ClN5OS/c1-13-8-10-26(11-9-13)20-24-25-21(27(20)17-6-7-17)29-15(3)19(28)23-18-12-16(22)5-4-14(18)2/h4-5,12-13,15,17H,6-11H2,1-3H3,(H,23,28). The van der Waals surface area contributed by atoms with Crippen molar-refractivity contribution in [2.24, 2.45) is 5.92 Å². The number of hydrogen-bond donors (Lipinski definition) is 1. The number of aromatic nitrogens is 3. The molecule has 1 atom stereocenters. The molecule has 8 heteroatoms. The molecule has 156 valence electrons. The lowest BCUT2D eigenvalue weighted by Gasteiger charge is -2.31. The van der Waals surface area contributed by atoms with Crippen molar-refractivity contribution in [1.29, 1.82) is 0 Å². The van der Waals surface area contributed by atoms with Gasteiger partial charge in [0, 0.05) is 29.8 Å². The lowest BCUT2D eigenvalue weighted by atomic mass is 10.00. The minimum absolute atomic E-state index is 0.0564. The highest BCUT2D eigenvalue weighted by molar-refractivity contribution is 8.00. The van der Waals surface area contributed by atoms with Gasteiger partial charge in [-0.25, -0.2) is 0 Å². The topological polar surface area (TPSA) is 63.1 Å². The Kier molecular flexibility index (Phi) is 6.06. The summed E-state index contributed by atoms with van der Waals surface area (Å²) in [6, 6.07) is 5.98. The molecule has 0 bridgehead atoms. The Morgan fingerprint density at radius 1 is 1.24 bits per heavy atom. The lowest BCUT2D eigenvalue weighted by molar-refractivity contribution is -0.115. The van der Waals surface area contributed by atoms with Crippen LogP contribution in [-0.2, 0) is 4.79 Å². The van der Waals surface area contributed by atoms with E-state index in [2.05, 4.69) is 31.9 Å². The molecule has 1 aromatic heterocycles. The van der Waals surface area contributed by atoms with Crippen molar-refractivity contribution in [2.45, 2.75) is 62.9 Å². The molecule has 1 amide bonds. The first-order chi connectivity index (χ1) is 13.9. The highest BCUT2D eigenvalue weighted by Gasteiger charge is 2.33. The van der Waals surface area contributed by atoms with Crippen LogP contribution in [0.25, 0.3) is 0 Å². The Morgan fingerprint density at radius 3 is 2.66 bits per heavy atom. The molecule has 1 aliphatic heterocycles. The second-order valence-corrected chi connectivity index (χ2v) is 10.0. The van der Waals surface area contributed by atoms with Crippen molar-refractivity contribution in [3.63, 3.8) is 0 Å². The van der Waals surface area contributed by atoms with Gasteiger partial charge < -0.3 is 10.2 Å². The molecular weight excluding hydrogens is 406 g/mol. The number of nitrogens with zero attached hydrogens (tertiary/aromatic N) is 4. The van der Waals surface area contributed by atoms with E-state index in [0.717, 1.165) is 54.2 Å². The molecule has 2 aliphatic rings. The number of halogens is 1. The largest absolute Gasteiger partial charge is 0.341 e. The molecule has 1 aliphatic carbocycles. The van der Waals surface area contributed by atoms with E-state index in [1.54, 1.807) is 6.07 Å². The average molecular weight is 434 g/mol. The van der Waals surface area contributed by atoms with Crippen molar-refractivity contribution < 1.29 is 4.79 Å². The zero-order valence-electron chi connectivity index (χ0n) is 17.2. The number of carbonyl (C=O) groups excluding carboxylic acids is 1. The minimum Gasteiger partial charge on any atom is -0.341 e. The van der Waals surface area contributed by atoms with Crippen LogP contribution in [0.2, 0.25) is 5.02 Å². The fourth-order valence-electron chi connectivity index (χ4n) is 3.60. The van der Waals surface area contributed by atoms with Crippen LogP contribution < -0.4 is 10.2 Å². The Morgan fingerprint density at radius 2 is 1.97 bits per heavy atom. The van der Waals surface area contributed by atoms with E-state index in [-0.39, 0.29) is 11.2 Å². The van der Waals surface area contributed by atoms with Gasteiger partial charge in [0.2, 0.25) is 11.9 Å². The summed E-state index contributed by atoms with van der Waals surface area (Å²) in [5, 5.41) is 13.1. The quantitative estimate of drug-likeness (QED) is 0.654. The van der Waals surface area contributed by atoms with Gasteiger partial charge in [0.1, 0.15) is 0 Å². The highest BCUT2D eigenvalue weighted by Crippen LogP contribution is 2.42. The van der Waals surface area contributed by atoms with E-state index in [4.69, 9.17) is 11.6 Å². The van der Waals surface area contributed by atoms with Gasteiger partial charge >= 0.3 is 0 Å². The molecule has 1 aromatic carbocycles.